The van der Waals surface area contributed by atoms with Crippen LogP contribution in [0.1, 0.15) is 164 Å². The minimum Gasteiger partial charge on any atom is -0.348 e. The first kappa shape index (κ1) is 69.0. The first-order valence-electron chi connectivity index (χ1n) is 35.0. The summed E-state index contributed by atoms with van der Waals surface area (Å²) >= 11 is 3.45. The lowest BCUT2D eigenvalue weighted by atomic mass is 10.1. The Bertz CT molecular complexity index is 5450. The van der Waals surface area contributed by atoms with Crippen molar-refractivity contribution in [2.24, 2.45) is 0 Å². The standard InChI is InChI=1S/2C26H24N8O.C20H17BrN6O.C6H8N2/c2*1-16(2)34-15-29-32-25(34)21-4-3-5-24(30-21)31-26(35)22-11-19-10-20(9-8-18(19)12-27-22)33-13-23(28-14-33)17-6-7-17;1-12(2)27-11-23-26-19(27)16-4-3-5-18(24-16)25-20(28)17-9-14-8-15(21)7-6-13(14)10-22-17;1-2-5(1)6-3-7-4-8-6/h2*3-5,8-17H,6-7H2,1-2H3,(H,30,31,35);3-12H,1-2H3,(H,24,25,28);3-5H,1-2H2,(H,7,8). The summed E-state index contributed by atoms with van der Waals surface area (Å²) in [4.78, 5) is 81.4. The molecular weight excluding hydrogens is 1400 g/mol. The molecule has 15 aromatic rings. The maximum absolute atomic E-state index is 13.0. The van der Waals surface area contributed by atoms with Gasteiger partial charge in [0, 0.05) is 111 Å². The summed E-state index contributed by atoms with van der Waals surface area (Å²) in [7, 11) is 0. The second-order valence-corrected chi connectivity index (χ2v) is 28.0. The first-order chi connectivity index (χ1) is 51.6. The molecule has 0 aliphatic heterocycles. The van der Waals surface area contributed by atoms with Gasteiger partial charge in [0.15, 0.2) is 17.5 Å². The van der Waals surface area contributed by atoms with Crippen LogP contribution in [0.4, 0.5) is 17.5 Å². The van der Waals surface area contributed by atoms with E-state index in [0.717, 1.165) is 65.5 Å². The number of amides is 3. The monoisotopic (exact) mass is 1470 g/mol. The van der Waals surface area contributed by atoms with Gasteiger partial charge < -0.3 is 43.8 Å². The SMILES string of the molecule is CC(C)n1cnnc1-c1cccc(NC(=O)c2cc3cc(-n4cnc(C5CC5)c4)ccc3cn2)n1.CC(C)n1cnnc1-c1cccc(NC(=O)c2cc3cc(-n4cnc(C5CC5)c4)ccc3cn2)n1.CC(C)n1cnnc1-c1cccc(NC(=O)c2cc3cc(Br)ccc3cn2)n1.c1ncc(C2CC2)[nH]1. The van der Waals surface area contributed by atoms with Gasteiger partial charge in [-0.2, -0.15) is 0 Å². The van der Waals surface area contributed by atoms with E-state index in [2.05, 4.69) is 125 Å². The Morgan fingerprint density at radius 1 is 0.425 bits per heavy atom. The van der Waals surface area contributed by atoms with E-state index in [1.54, 1.807) is 80.3 Å². The van der Waals surface area contributed by atoms with Crippen molar-refractivity contribution >= 4 is 83.4 Å². The van der Waals surface area contributed by atoms with E-state index >= 15 is 0 Å². The van der Waals surface area contributed by atoms with Crippen molar-refractivity contribution in [1.82, 2.24) is 103 Å². The van der Waals surface area contributed by atoms with Gasteiger partial charge in [-0.15, -0.1) is 30.6 Å². The molecule has 0 unspecified atom stereocenters. The van der Waals surface area contributed by atoms with E-state index in [1.165, 1.54) is 44.2 Å². The highest BCUT2D eigenvalue weighted by Gasteiger charge is 2.28. The second-order valence-electron chi connectivity index (χ2n) is 27.1. The predicted molar refractivity (Wildman–Crippen MR) is 406 cm³/mol. The van der Waals surface area contributed by atoms with Crippen molar-refractivity contribution in [3.05, 3.63) is 241 Å². The van der Waals surface area contributed by atoms with Crippen LogP contribution in [0.5, 0.6) is 0 Å². The smallest absolute Gasteiger partial charge is 0.275 e. The van der Waals surface area contributed by atoms with E-state index in [4.69, 9.17) is 0 Å². The zero-order valence-corrected chi connectivity index (χ0v) is 60.4. The third kappa shape index (κ3) is 16.1. The van der Waals surface area contributed by atoms with Crippen molar-refractivity contribution in [2.75, 3.05) is 16.0 Å². The zero-order chi connectivity index (χ0) is 73.0. The van der Waals surface area contributed by atoms with Crippen LogP contribution >= 0.6 is 15.9 Å². The van der Waals surface area contributed by atoms with E-state index in [-0.39, 0.29) is 35.8 Å². The molecule has 3 amide bonds. The number of hydrogen-bond donors (Lipinski definition) is 4. The molecule has 3 aliphatic carbocycles. The molecule has 0 atom stereocenters. The number of benzene rings is 3. The van der Waals surface area contributed by atoms with Crippen LogP contribution in [0, 0.1) is 0 Å². The summed E-state index contributed by atoms with van der Waals surface area (Å²) in [6, 6.07) is 40.2. The molecule has 106 heavy (non-hydrogen) atoms. The summed E-state index contributed by atoms with van der Waals surface area (Å²) in [6.45, 7) is 12.3. The molecule has 3 aliphatic rings. The van der Waals surface area contributed by atoms with Crippen LogP contribution in [-0.4, -0.2) is 121 Å². The van der Waals surface area contributed by atoms with Gasteiger partial charge in [0.2, 0.25) is 0 Å². The Morgan fingerprint density at radius 3 is 1.16 bits per heavy atom. The van der Waals surface area contributed by atoms with E-state index in [1.807, 2.05) is 174 Å². The molecule has 27 nitrogen and oxygen atoms in total. The first-order valence-corrected chi connectivity index (χ1v) is 35.8. The number of aromatic nitrogens is 21. The van der Waals surface area contributed by atoms with Crippen LogP contribution in [0.15, 0.2) is 207 Å². The number of hydrogen-bond acceptors (Lipinski definition) is 18. The number of rotatable bonds is 17. The normalized spacial score (nSPS) is 13.3. The van der Waals surface area contributed by atoms with Crippen molar-refractivity contribution in [3.63, 3.8) is 0 Å². The number of halogens is 1. The molecule has 4 N–H and O–H groups in total. The lowest BCUT2D eigenvalue weighted by Crippen LogP contribution is -2.15. The molecule has 18 rings (SSSR count). The molecule has 0 radical (unpaired) electrons. The fourth-order valence-corrected chi connectivity index (χ4v) is 12.3. The summed E-state index contributed by atoms with van der Waals surface area (Å²) in [5.41, 5.74) is 8.45. The Hall–Kier alpha value is -12.7. The van der Waals surface area contributed by atoms with E-state index < -0.39 is 0 Å². The number of imidazole rings is 3. The van der Waals surface area contributed by atoms with Gasteiger partial charge in [0.25, 0.3) is 17.7 Å². The van der Waals surface area contributed by atoms with Crippen molar-refractivity contribution < 1.29 is 14.4 Å². The molecule has 3 saturated carbocycles. The molecule has 0 saturated heterocycles. The van der Waals surface area contributed by atoms with Crippen LogP contribution < -0.4 is 16.0 Å². The molecule has 0 bridgehead atoms. The lowest BCUT2D eigenvalue weighted by Gasteiger charge is -2.11. The Balaban J connectivity index is 0.000000121. The Morgan fingerprint density at radius 2 is 0.802 bits per heavy atom. The molecule has 530 valence electrons. The maximum atomic E-state index is 13.0. The molecule has 0 spiro atoms. The van der Waals surface area contributed by atoms with Gasteiger partial charge in [-0.3, -0.25) is 29.3 Å². The largest absolute Gasteiger partial charge is 0.348 e. The lowest BCUT2D eigenvalue weighted by molar-refractivity contribution is 0.101. The molecule has 3 aromatic carbocycles. The molecule has 3 fully saturated rings. The number of pyridine rings is 6. The number of fused-ring (bicyclic) bond motifs is 3. The summed E-state index contributed by atoms with van der Waals surface area (Å²) < 4.78 is 10.8. The number of H-pyrrole nitrogens is 1. The summed E-state index contributed by atoms with van der Waals surface area (Å²) in [5, 5.41) is 38.7. The second kappa shape index (κ2) is 30.3. The number of anilines is 3. The average Bonchev–Trinajstić information content (AvgIpc) is 0.891. The number of carbonyl (C=O) groups excluding carboxylic acids is 3. The minimum absolute atomic E-state index is 0.189. The quantitative estimate of drug-likeness (QED) is 0.0658. The number of carbonyl (C=O) groups is 3. The number of nitrogens with zero attached hydrogens (tertiary/aromatic N) is 20. The molecular formula is C78H73BrN24O3. The highest BCUT2D eigenvalue weighted by atomic mass is 79.9. The fourth-order valence-electron chi connectivity index (χ4n) is 11.9. The summed E-state index contributed by atoms with van der Waals surface area (Å²) in [5.74, 6) is 4.27. The fraction of sp³-hybridized carbons (Fsp3) is 0.231. The zero-order valence-electron chi connectivity index (χ0n) is 58.8. The number of nitrogens with one attached hydrogen (secondary N) is 4. The maximum Gasteiger partial charge on any atom is 0.275 e. The van der Waals surface area contributed by atoms with Crippen LogP contribution in [-0.2, 0) is 0 Å². The van der Waals surface area contributed by atoms with Gasteiger partial charge in [-0.05, 0) is 187 Å². The summed E-state index contributed by atoms with van der Waals surface area (Å²) in [6.07, 6.45) is 29.2. The minimum atomic E-state index is -0.328. The predicted octanol–water partition coefficient (Wildman–Crippen LogP) is 15.3. The molecule has 12 aromatic heterocycles. The van der Waals surface area contributed by atoms with Gasteiger partial charge in [0.1, 0.15) is 70.6 Å². The van der Waals surface area contributed by atoms with Crippen molar-refractivity contribution in [3.8, 4) is 45.9 Å². The average molecular weight is 1470 g/mol. The Labute approximate surface area is 616 Å². The number of aromatic amines is 1. The highest BCUT2D eigenvalue weighted by molar-refractivity contribution is 9.10. The topological polar surface area (TPSA) is 321 Å². The Kier molecular flexibility index (Phi) is 19.7. The van der Waals surface area contributed by atoms with Crippen LogP contribution in [0.3, 0.4) is 0 Å². The van der Waals surface area contributed by atoms with Crippen LogP contribution in [0.25, 0.3) is 78.2 Å². The van der Waals surface area contributed by atoms with Crippen LogP contribution in [0.2, 0.25) is 0 Å². The van der Waals surface area contributed by atoms with Gasteiger partial charge in [-0.25, -0.2) is 29.9 Å². The van der Waals surface area contributed by atoms with Gasteiger partial charge >= 0.3 is 0 Å². The highest BCUT2D eigenvalue weighted by Crippen LogP contribution is 2.41. The molecule has 12 heterocycles. The van der Waals surface area contributed by atoms with E-state index in [9.17, 15) is 14.4 Å². The van der Waals surface area contributed by atoms with E-state index in [0.29, 0.717) is 80.9 Å². The van der Waals surface area contributed by atoms with Gasteiger partial charge in [0.05, 0.1) is 30.4 Å². The van der Waals surface area contributed by atoms with Gasteiger partial charge in [-0.1, -0.05) is 52.3 Å². The van der Waals surface area contributed by atoms with Crippen molar-refractivity contribution in [2.45, 2.75) is 116 Å². The van der Waals surface area contributed by atoms with Crippen molar-refractivity contribution in [1.29, 1.82) is 0 Å². The third-order valence-electron chi connectivity index (χ3n) is 18.2. The third-order valence-corrected chi connectivity index (χ3v) is 18.7. The molecule has 28 heteroatoms.